The van der Waals surface area contributed by atoms with Crippen LogP contribution in [-0.2, 0) is 0 Å². The van der Waals surface area contributed by atoms with E-state index >= 15 is 0 Å². The molecule has 0 amide bonds. The van der Waals surface area contributed by atoms with E-state index < -0.39 is 0 Å². The minimum absolute atomic E-state index is 0.443. The fraction of sp³-hybridized carbons (Fsp3) is 0.417. The molecule has 1 aliphatic rings. The molecule has 0 unspecified atom stereocenters. The third-order valence-electron chi connectivity index (χ3n) is 3.21. The van der Waals surface area contributed by atoms with E-state index in [9.17, 15) is 0 Å². The molecular weight excluding hydrogens is 214 g/mol. The van der Waals surface area contributed by atoms with Crippen molar-refractivity contribution in [3.63, 3.8) is 0 Å². The van der Waals surface area contributed by atoms with Gasteiger partial charge >= 0.3 is 0 Å². The maximum atomic E-state index is 8.21. The molecule has 2 heterocycles. The second-order valence-corrected chi connectivity index (χ2v) is 4.36. The summed E-state index contributed by atoms with van der Waals surface area (Å²) in [6.07, 6.45) is 3.59. The number of para-hydroxylation sites is 1. The molecule has 5 heteroatoms. The van der Waals surface area contributed by atoms with Gasteiger partial charge in [0, 0.05) is 13.1 Å². The van der Waals surface area contributed by atoms with Crippen molar-refractivity contribution in [1.82, 2.24) is 19.9 Å². The number of fused-ring (bicyclic) bond motifs is 1. The first-order chi connectivity index (χ1) is 8.36. The zero-order valence-corrected chi connectivity index (χ0v) is 9.63. The lowest BCUT2D eigenvalue weighted by atomic mass is 10.1. The highest BCUT2D eigenvalue weighted by Crippen LogP contribution is 2.13. The van der Waals surface area contributed by atoms with Gasteiger partial charge in [-0.3, -0.25) is 5.41 Å². The van der Waals surface area contributed by atoms with Crippen LogP contribution in [0, 0.1) is 5.41 Å². The van der Waals surface area contributed by atoms with Gasteiger partial charge in [-0.1, -0.05) is 17.3 Å². The summed E-state index contributed by atoms with van der Waals surface area (Å²) in [6, 6.07) is 7.76. The molecule has 0 spiro atoms. The van der Waals surface area contributed by atoms with Crippen molar-refractivity contribution in [3.05, 3.63) is 24.3 Å². The van der Waals surface area contributed by atoms with Gasteiger partial charge < -0.3 is 4.90 Å². The molecule has 0 aliphatic carbocycles. The minimum atomic E-state index is 0.443. The van der Waals surface area contributed by atoms with E-state index in [4.69, 9.17) is 5.41 Å². The predicted molar refractivity (Wildman–Crippen MR) is 66.1 cm³/mol. The Hall–Kier alpha value is -1.91. The van der Waals surface area contributed by atoms with Gasteiger partial charge in [0.25, 0.3) is 0 Å². The highest BCUT2D eigenvalue weighted by Gasteiger charge is 2.17. The first-order valence-corrected chi connectivity index (χ1v) is 6.00. The Kier molecular flexibility index (Phi) is 2.51. The standard InChI is InChI=1S/C12H15N5/c13-12(16-8-4-1-5-9-16)17-11-7-3-2-6-10(11)14-15-17/h2-3,6-7,13H,1,4-5,8-9H2. The molecule has 1 aromatic carbocycles. The van der Waals surface area contributed by atoms with Crippen molar-refractivity contribution in [2.45, 2.75) is 19.3 Å². The van der Waals surface area contributed by atoms with Gasteiger partial charge in [-0.15, -0.1) is 5.10 Å². The largest absolute Gasteiger partial charge is 0.341 e. The number of benzene rings is 1. The van der Waals surface area contributed by atoms with Crippen LogP contribution in [0.3, 0.4) is 0 Å². The first-order valence-electron chi connectivity index (χ1n) is 6.00. The topological polar surface area (TPSA) is 57.8 Å². The summed E-state index contributed by atoms with van der Waals surface area (Å²) >= 11 is 0. The maximum absolute atomic E-state index is 8.21. The van der Waals surface area contributed by atoms with Gasteiger partial charge in [0.15, 0.2) is 0 Å². The van der Waals surface area contributed by atoms with Crippen LogP contribution >= 0.6 is 0 Å². The zero-order chi connectivity index (χ0) is 11.7. The number of hydrogen-bond donors (Lipinski definition) is 1. The normalized spacial score (nSPS) is 16.4. The molecule has 1 N–H and O–H groups in total. The van der Waals surface area contributed by atoms with Gasteiger partial charge in [-0.05, 0) is 31.4 Å². The van der Waals surface area contributed by atoms with Crippen molar-refractivity contribution >= 4 is 17.0 Å². The number of piperidine rings is 1. The lowest BCUT2D eigenvalue weighted by Gasteiger charge is -2.28. The van der Waals surface area contributed by atoms with E-state index in [1.807, 2.05) is 24.3 Å². The number of likely N-dealkylation sites (tertiary alicyclic amines) is 1. The van der Waals surface area contributed by atoms with Crippen molar-refractivity contribution in [2.24, 2.45) is 0 Å². The maximum Gasteiger partial charge on any atom is 0.220 e. The molecule has 0 saturated carbocycles. The van der Waals surface area contributed by atoms with Crippen molar-refractivity contribution in [2.75, 3.05) is 13.1 Å². The number of nitrogens with zero attached hydrogens (tertiary/aromatic N) is 4. The second kappa shape index (κ2) is 4.16. The molecule has 5 nitrogen and oxygen atoms in total. The minimum Gasteiger partial charge on any atom is -0.341 e. The average Bonchev–Trinajstić information content (AvgIpc) is 2.83. The molecule has 1 aromatic heterocycles. The van der Waals surface area contributed by atoms with Crippen LogP contribution in [0.1, 0.15) is 19.3 Å². The number of nitrogens with one attached hydrogen (secondary N) is 1. The molecule has 2 aromatic rings. The monoisotopic (exact) mass is 229 g/mol. The fourth-order valence-corrected chi connectivity index (χ4v) is 2.27. The van der Waals surface area contributed by atoms with Crippen LogP contribution in [0.2, 0.25) is 0 Å². The molecule has 0 radical (unpaired) electrons. The summed E-state index contributed by atoms with van der Waals surface area (Å²) in [4.78, 5) is 2.07. The van der Waals surface area contributed by atoms with Crippen molar-refractivity contribution < 1.29 is 0 Å². The van der Waals surface area contributed by atoms with E-state index in [1.165, 1.54) is 6.42 Å². The van der Waals surface area contributed by atoms with Crippen LogP contribution in [0.5, 0.6) is 0 Å². The van der Waals surface area contributed by atoms with Crippen LogP contribution in [0.25, 0.3) is 11.0 Å². The molecule has 0 atom stereocenters. The van der Waals surface area contributed by atoms with E-state index in [0.717, 1.165) is 37.0 Å². The van der Waals surface area contributed by atoms with Crippen molar-refractivity contribution in [3.8, 4) is 0 Å². The molecule has 17 heavy (non-hydrogen) atoms. The van der Waals surface area contributed by atoms with E-state index in [1.54, 1.807) is 4.68 Å². The predicted octanol–water partition coefficient (Wildman–Crippen LogP) is 1.70. The Morgan fingerprint density at radius 3 is 2.71 bits per heavy atom. The highest BCUT2D eigenvalue weighted by atomic mass is 15.5. The Bertz CT molecular complexity index is 539. The molecule has 3 rings (SSSR count). The van der Waals surface area contributed by atoms with Gasteiger partial charge in [0.1, 0.15) is 5.52 Å². The van der Waals surface area contributed by atoms with E-state index in [-0.39, 0.29) is 0 Å². The second-order valence-electron chi connectivity index (χ2n) is 4.36. The number of hydrogen-bond acceptors (Lipinski definition) is 3. The average molecular weight is 229 g/mol. The van der Waals surface area contributed by atoms with Crippen LogP contribution < -0.4 is 0 Å². The van der Waals surface area contributed by atoms with Gasteiger partial charge in [0.05, 0.1) is 5.52 Å². The number of rotatable bonds is 0. The summed E-state index contributed by atoms with van der Waals surface area (Å²) in [7, 11) is 0. The smallest absolute Gasteiger partial charge is 0.220 e. The Morgan fingerprint density at radius 2 is 1.88 bits per heavy atom. The number of aromatic nitrogens is 3. The molecule has 0 bridgehead atoms. The van der Waals surface area contributed by atoms with Gasteiger partial charge in [-0.25, -0.2) is 0 Å². The third kappa shape index (κ3) is 1.77. The highest BCUT2D eigenvalue weighted by molar-refractivity contribution is 5.88. The van der Waals surface area contributed by atoms with E-state index in [2.05, 4.69) is 15.2 Å². The molecule has 1 fully saturated rings. The van der Waals surface area contributed by atoms with Gasteiger partial charge in [-0.2, -0.15) is 4.68 Å². The van der Waals surface area contributed by atoms with Gasteiger partial charge in [0.2, 0.25) is 5.96 Å². The summed E-state index contributed by atoms with van der Waals surface area (Å²) in [6.45, 7) is 1.90. The molecular formula is C12H15N5. The Balaban J connectivity index is 1.95. The zero-order valence-electron chi connectivity index (χ0n) is 9.63. The summed E-state index contributed by atoms with van der Waals surface area (Å²) in [5.41, 5.74) is 1.75. The first kappa shape index (κ1) is 10.3. The van der Waals surface area contributed by atoms with Crippen molar-refractivity contribution in [1.29, 1.82) is 5.41 Å². The van der Waals surface area contributed by atoms with Crippen LogP contribution in [-0.4, -0.2) is 38.9 Å². The fourth-order valence-electron chi connectivity index (χ4n) is 2.27. The summed E-state index contributed by atoms with van der Waals surface area (Å²) < 4.78 is 1.63. The molecule has 88 valence electrons. The third-order valence-corrected chi connectivity index (χ3v) is 3.21. The lowest BCUT2D eigenvalue weighted by molar-refractivity contribution is 0.329. The SMILES string of the molecule is N=C(N1CCCCC1)n1nnc2ccccc21. The lowest BCUT2D eigenvalue weighted by Crippen LogP contribution is -2.39. The Labute approximate surface area is 99.5 Å². The Morgan fingerprint density at radius 1 is 1.12 bits per heavy atom. The summed E-state index contributed by atoms with van der Waals surface area (Å²) in [5, 5.41) is 16.4. The van der Waals surface area contributed by atoms with E-state index in [0.29, 0.717) is 5.96 Å². The molecule has 1 aliphatic heterocycles. The van der Waals surface area contributed by atoms with Crippen LogP contribution in [0.15, 0.2) is 24.3 Å². The van der Waals surface area contributed by atoms with Crippen LogP contribution in [0.4, 0.5) is 0 Å². The summed E-state index contributed by atoms with van der Waals surface area (Å²) in [5.74, 6) is 0.443. The molecule has 1 saturated heterocycles. The quantitative estimate of drug-likeness (QED) is 0.552.